The van der Waals surface area contributed by atoms with E-state index < -0.39 is 11.7 Å². The van der Waals surface area contributed by atoms with Crippen LogP contribution in [-0.2, 0) is 4.79 Å². The fraction of sp³-hybridized carbons (Fsp3) is 0. The van der Waals surface area contributed by atoms with E-state index in [1.54, 1.807) is 24.5 Å². The lowest BCUT2D eigenvalue weighted by atomic mass is 10.2. The van der Waals surface area contributed by atoms with E-state index in [1.165, 1.54) is 23.5 Å². The predicted octanol–water partition coefficient (Wildman–Crippen LogP) is 4.52. The summed E-state index contributed by atoms with van der Waals surface area (Å²) >= 11 is 1.28. The van der Waals surface area contributed by atoms with E-state index in [9.17, 15) is 14.0 Å². The lowest BCUT2D eigenvalue weighted by molar-refractivity contribution is -0.111. The van der Waals surface area contributed by atoms with E-state index in [0.29, 0.717) is 16.3 Å². The molecule has 0 atom stereocenters. The van der Waals surface area contributed by atoms with Crippen LogP contribution in [0.3, 0.4) is 0 Å². The molecule has 126 valence electrons. The van der Waals surface area contributed by atoms with Gasteiger partial charge in [-0.2, -0.15) is 0 Å². The third kappa shape index (κ3) is 3.84. The van der Waals surface area contributed by atoms with Crippen molar-refractivity contribution in [3.05, 3.63) is 72.1 Å². The van der Waals surface area contributed by atoms with Crippen LogP contribution < -0.4 is 10.6 Å². The van der Waals surface area contributed by atoms with Crippen LogP contribution in [0.5, 0.6) is 0 Å². The highest BCUT2D eigenvalue weighted by atomic mass is 32.1. The van der Waals surface area contributed by atoms with E-state index in [0.717, 1.165) is 17.0 Å². The minimum atomic E-state index is -0.607. The lowest BCUT2D eigenvalue weighted by Crippen LogP contribution is -2.12. The molecule has 0 bridgehead atoms. The predicted molar refractivity (Wildman–Crippen MR) is 95.2 cm³/mol. The molecule has 0 saturated heterocycles. The molecule has 3 aromatic rings. The smallest absolute Gasteiger partial charge is 0.265 e. The fourth-order valence-electron chi connectivity index (χ4n) is 2.09. The SMILES string of the molecule is C=CC(=O)Nc1cc(NC(=O)c2ccc(-c3ccco3)s2)ccc1F. The highest BCUT2D eigenvalue weighted by molar-refractivity contribution is 7.17. The standard InChI is InChI=1S/C18H13FN2O3S/c1-2-17(22)21-13-10-11(5-6-12(13)19)20-18(23)16-8-7-15(25-16)14-4-3-9-24-14/h2-10H,1H2,(H,20,23)(H,21,22). The number of halogens is 1. The highest BCUT2D eigenvalue weighted by Gasteiger charge is 2.13. The molecule has 2 N–H and O–H groups in total. The van der Waals surface area contributed by atoms with Gasteiger partial charge in [0.1, 0.15) is 11.6 Å². The van der Waals surface area contributed by atoms with Gasteiger partial charge in [-0.15, -0.1) is 11.3 Å². The number of benzene rings is 1. The monoisotopic (exact) mass is 356 g/mol. The second-order valence-corrected chi connectivity index (χ2v) is 6.07. The summed E-state index contributed by atoms with van der Waals surface area (Å²) in [7, 11) is 0. The largest absolute Gasteiger partial charge is 0.464 e. The van der Waals surface area contributed by atoms with Crippen molar-refractivity contribution in [3.63, 3.8) is 0 Å². The van der Waals surface area contributed by atoms with Crippen LogP contribution >= 0.6 is 11.3 Å². The second-order valence-electron chi connectivity index (χ2n) is 4.98. The van der Waals surface area contributed by atoms with Gasteiger partial charge in [0.15, 0.2) is 0 Å². The zero-order valence-corrected chi connectivity index (χ0v) is 13.7. The zero-order chi connectivity index (χ0) is 17.8. The molecule has 25 heavy (non-hydrogen) atoms. The average molecular weight is 356 g/mol. The van der Waals surface area contributed by atoms with Gasteiger partial charge in [0, 0.05) is 5.69 Å². The Kier molecular flexibility index (Phi) is 4.76. The molecule has 0 fully saturated rings. The topological polar surface area (TPSA) is 71.3 Å². The van der Waals surface area contributed by atoms with Crippen molar-refractivity contribution < 1.29 is 18.4 Å². The summed E-state index contributed by atoms with van der Waals surface area (Å²) in [6.07, 6.45) is 2.60. The number of thiophene rings is 1. The molecule has 1 aromatic carbocycles. The average Bonchev–Trinajstić information content (AvgIpc) is 3.28. The van der Waals surface area contributed by atoms with Gasteiger partial charge in [0.05, 0.1) is 21.7 Å². The Morgan fingerprint density at radius 1 is 1.16 bits per heavy atom. The molecule has 2 aromatic heterocycles. The first-order chi connectivity index (χ1) is 12.1. The highest BCUT2D eigenvalue weighted by Crippen LogP contribution is 2.29. The second kappa shape index (κ2) is 7.14. The summed E-state index contributed by atoms with van der Waals surface area (Å²) in [6, 6.07) is 11.0. The molecule has 0 spiro atoms. The molecule has 0 aliphatic heterocycles. The van der Waals surface area contributed by atoms with Gasteiger partial charge in [-0.3, -0.25) is 9.59 Å². The number of carbonyl (C=O) groups excluding carboxylic acids is 2. The van der Waals surface area contributed by atoms with Crippen molar-refractivity contribution in [2.45, 2.75) is 0 Å². The first-order valence-corrected chi connectivity index (χ1v) is 8.06. The van der Waals surface area contributed by atoms with Crippen LogP contribution in [0.25, 0.3) is 10.6 Å². The van der Waals surface area contributed by atoms with Crippen LogP contribution in [0.2, 0.25) is 0 Å². The number of rotatable bonds is 5. The van der Waals surface area contributed by atoms with Crippen molar-refractivity contribution >= 4 is 34.5 Å². The Bertz CT molecular complexity index is 932. The van der Waals surface area contributed by atoms with Crippen molar-refractivity contribution in [2.75, 3.05) is 10.6 Å². The third-order valence-electron chi connectivity index (χ3n) is 3.26. The van der Waals surface area contributed by atoms with Crippen molar-refractivity contribution in [3.8, 4) is 10.6 Å². The van der Waals surface area contributed by atoms with E-state index in [1.807, 2.05) is 6.07 Å². The Balaban J connectivity index is 1.76. The minimum absolute atomic E-state index is 0.0369. The van der Waals surface area contributed by atoms with Crippen LogP contribution in [0, 0.1) is 5.82 Å². The Labute approximate surface area is 146 Å². The van der Waals surface area contributed by atoms with E-state index in [2.05, 4.69) is 17.2 Å². The Morgan fingerprint density at radius 2 is 2.00 bits per heavy atom. The van der Waals surface area contributed by atoms with Crippen LogP contribution in [0.1, 0.15) is 9.67 Å². The molecule has 0 radical (unpaired) electrons. The maximum atomic E-state index is 13.7. The summed E-state index contributed by atoms with van der Waals surface area (Å²) in [6.45, 7) is 3.31. The number of amides is 2. The molecule has 2 heterocycles. The maximum Gasteiger partial charge on any atom is 0.265 e. The molecule has 3 rings (SSSR count). The lowest BCUT2D eigenvalue weighted by Gasteiger charge is -2.08. The molecular formula is C18H13FN2O3S. The first kappa shape index (κ1) is 16.7. The molecule has 0 aliphatic rings. The summed E-state index contributed by atoms with van der Waals surface area (Å²) in [4.78, 5) is 25.0. The van der Waals surface area contributed by atoms with Gasteiger partial charge in [-0.25, -0.2) is 4.39 Å². The van der Waals surface area contributed by atoms with Gasteiger partial charge in [0.25, 0.3) is 5.91 Å². The first-order valence-electron chi connectivity index (χ1n) is 7.25. The normalized spacial score (nSPS) is 10.3. The maximum absolute atomic E-state index is 13.7. The molecule has 0 aliphatic carbocycles. The van der Waals surface area contributed by atoms with Crippen molar-refractivity contribution in [1.29, 1.82) is 0 Å². The number of hydrogen-bond donors (Lipinski definition) is 2. The molecular weight excluding hydrogens is 343 g/mol. The van der Waals surface area contributed by atoms with Crippen LogP contribution in [0.15, 0.2) is 65.8 Å². The van der Waals surface area contributed by atoms with Crippen molar-refractivity contribution in [2.24, 2.45) is 0 Å². The number of furan rings is 1. The molecule has 0 unspecified atom stereocenters. The van der Waals surface area contributed by atoms with Crippen LogP contribution in [-0.4, -0.2) is 11.8 Å². The summed E-state index contributed by atoms with van der Waals surface area (Å²) in [5.41, 5.74) is 0.323. The zero-order valence-electron chi connectivity index (χ0n) is 12.9. The fourth-order valence-corrected chi connectivity index (χ4v) is 2.96. The van der Waals surface area contributed by atoms with E-state index in [4.69, 9.17) is 4.42 Å². The summed E-state index contributed by atoms with van der Waals surface area (Å²) in [5, 5.41) is 5.02. The van der Waals surface area contributed by atoms with Gasteiger partial charge in [-0.05, 0) is 48.5 Å². The number of carbonyl (C=O) groups is 2. The third-order valence-corrected chi connectivity index (χ3v) is 4.36. The van der Waals surface area contributed by atoms with Crippen molar-refractivity contribution in [1.82, 2.24) is 0 Å². The summed E-state index contributed by atoms with van der Waals surface area (Å²) < 4.78 is 19.0. The number of anilines is 2. The van der Waals surface area contributed by atoms with Crippen LogP contribution in [0.4, 0.5) is 15.8 Å². The molecule has 0 saturated carbocycles. The van der Waals surface area contributed by atoms with Gasteiger partial charge in [-0.1, -0.05) is 6.58 Å². The van der Waals surface area contributed by atoms with Gasteiger partial charge >= 0.3 is 0 Å². The minimum Gasteiger partial charge on any atom is -0.464 e. The Morgan fingerprint density at radius 3 is 2.72 bits per heavy atom. The molecule has 5 nitrogen and oxygen atoms in total. The van der Waals surface area contributed by atoms with E-state index in [-0.39, 0.29) is 11.6 Å². The van der Waals surface area contributed by atoms with Gasteiger partial charge in [0.2, 0.25) is 5.91 Å². The van der Waals surface area contributed by atoms with E-state index >= 15 is 0 Å². The number of nitrogens with one attached hydrogen (secondary N) is 2. The molecule has 7 heteroatoms. The Hall–Kier alpha value is -3.19. The summed E-state index contributed by atoms with van der Waals surface area (Å²) in [5.74, 6) is -0.802. The molecule has 2 amide bonds. The number of hydrogen-bond acceptors (Lipinski definition) is 4. The van der Waals surface area contributed by atoms with Gasteiger partial charge < -0.3 is 15.1 Å². The quantitative estimate of drug-likeness (QED) is 0.660.